The van der Waals surface area contributed by atoms with Gasteiger partial charge >= 0.3 is 0 Å². The van der Waals surface area contributed by atoms with Crippen molar-refractivity contribution in [2.75, 3.05) is 19.7 Å². The van der Waals surface area contributed by atoms with E-state index in [2.05, 4.69) is 11.4 Å². The van der Waals surface area contributed by atoms with Gasteiger partial charge in [0, 0.05) is 13.2 Å². The molecule has 86 valence electrons. The largest absolute Gasteiger partial charge is 0.377 e. The molecule has 1 aliphatic heterocycles. The molecule has 1 rings (SSSR count). The van der Waals surface area contributed by atoms with Crippen LogP contribution in [0, 0.1) is 16.7 Å². The molecule has 1 fully saturated rings. The third kappa shape index (κ3) is 5.15. The van der Waals surface area contributed by atoms with Gasteiger partial charge in [0.15, 0.2) is 0 Å². The fraction of sp³-hybridized carbons (Fsp3) is 0.917. The van der Waals surface area contributed by atoms with Gasteiger partial charge in [0.05, 0.1) is 17.6 Å². The molecule has 0 aromatic carbocycles. The predicted molar refractivity (Wildman–Crippen MR) is 60.5 cm³/mol. The highest BCUT2D eigenvalue weighted by atomic mass is 16.5. The Morgan fingerprint density at radius 1 is 1.47 bits per heavy atom. The number of rotatable bonds is 5. The van der Waals surface area contributed by atoms with Crippen molar-refractivity contribution in [3.8, 4) is 6.07 Å². The molecule has 0 spiro atoms. The number of nitrogens with zero attached hydrogens (tertiary/aromatic N) is 1. The van der Waals surface area contributed by atoms with Gasteiger partial charge in [0.2, 0.25) is 0 Å². The molecule has 1 heterocycles. The van der Waals surface area contributed by atoms with Crippen molar-refractivity contribution < 1.29 is 4.74 Å². The molecule has 1 aliphatic rings. The maximum atomic E-state index is 8.84. The highest BCUT2D eigenvalue weighted by Crippen LogP contribution is 2.17. The van der Waals surface area contributed by atoms with Crippen molar-refractivity contribution in [2.24, 2.45) is 5.41 Å². The summed E-state index contributed by atoms with van der Waals surface area (Å²) in [4.78, 5) is 0. The van der Waals surface area contributed by atoms with Crippen LogP contribution in [0.2, 0.25) is 0 Å². The van der Waals surface area contributed by atoms with Crippen LogP contribution in [0.3, 0.4) is 0 Å². The van der Waals surface area contributed by atoms with Crippen molar-refractivity contribution in [1.29, 1.82) is 5.26 Å². The van der Waals surface area contributed by atoms with Gasteiger partial charge in [-0.05, 0) is 46.1 Å². The Morgan fingerprint density at radius 3 is 2.87 bits per heavy atom. The fourth-order valence-electron chi connectivity index (χ4n) is 1.69. The van der Waals surface area contributed by atoms with Crippen molar-refractivity contribution >= 4 is 0 Å². The third-order valence-corrected chi connectivity index (χ3v) is 2.88. The average molecular weight is 210 g/mol. The van der Waals surface area contributed by atoms with Crippen molar-refractivity contribution in [3.63, 3.8) is 0 Å². The van der Waals surface area contributed by atoms with Gasteiger partial charge in [-0.15, -0.1) is 0 Å². The standard InChI is InChI=1S/C12H22N2O/c1-12(2,10-13)6-7-14-9-11-5-3-4-8-15-11/h11,14H,3-9H2,1-2H3. The van der Waals surface area contributed by atoms with E-state index in [1.165, 1.54) is 19.3 Å². The zero-order chi connectivity index (χ0) is 11.1. The van der Waals surface area contributed by atoms with Gasteiger partial charge in [0.1, 0.15) is 0 Å². The SMILES string of the molecule is CC(C)(C#N)CCNCC1CCCCO1. The molecule has 0 saturated carbocycles. The zero-order valence-corrected chi connectivity index (χ0v) is 9.88. The second-order valence-electron chi connectivity index (χ2n) is 4.94. The van der Waals surface area contributed by atoms with Gasteiger partial charge in [0.25, 0.3) is 0 Å². The van der Waals surface area contributed by atoms with Gasteiger partial charge in [-0.25, -0.2) is 0 Å². The van der Waals surface area contributed by atoms with E-state index in [0.717, 1.165) is 26.1 Å². The highest BCUT2D eigenvalue weighted by Gasteiger charge is 2.17. The first kappa shape index (κ1) is 12.5. The molecule has 0 aromatic rings. The molecule has 0 amide bonds. The Balaban J connectivity index is 2.04. The highest BCUT2D eigenvalue weighted by molar-refractivity contribution is 4.91. The van der Waals surface area contributed by atoms with Gasteiger partial charge in [-0.1, -0.05) is 0 Å². The smallest absolute Gasteiger partial charge is 0.0699 e. The molecule has 1 saturated heterocycles. The monoisotopic (exact) mass is 210 g/mol. The first-order valence-electron chi connectivity index (χ1n) is 5.88. The van der Waals surface area contributed by atoms with E-state index in [1.54, 1.807) is 0 Å². The topological polar surface area (TPSA) is 45.0 Å². The molecule has 0 aliphatic carbocycles. The van der Waals surface area contributed by atoms with Crippen molar-refractivity contribution in [2.45, 2.75) is 45.6 Å². The van der Waals surface area contributed by atoms with Gasteiger partial charge in [-0.2, -0.15) is 5.26 Å². The van der Waals surface area contributed by atoms with Crippen LogP contribution in [0.15, 0.2) is 0 Å². The molecule has 1 unspecified atom stereocenters. The molecule has 15 heavy (non-hydrogen) atoms. The minimum atomic E-state index is -0.208. The minimum Gasteiger partial charge on any atom is -0.377 e. The van der Waals surface area contributed by atoms with Crippen molar-refractivity contribution in [1.82, 2.24) is 5.32 Å². The Kier molecular flexibility index (Phi) is 5.07. The molecule has 1 N–H and O–H groups in total. The maximum absolute atomic E-state index is 8.84. The first-order chi connectivity index (χ1) is 7.14. The normalized spacial score (nSPS) is 22.3. The van der Waals surface area contributed by atoms with Crippen LogP contribution in [-0.4, -0.2) is 25.8 Å². The summed E-state index contributed by atoms with van der Waals surface area (Å²) in [5.41, 5.74) is -0.208. The number of hydrogen-bond donors (Lipinski definition) is 1. The number of nitrogens with one attached hydrogen (secondary N) is 1. The number of ether oxygens (including phenoxy) is 1. The van der Waals surface area contributed by atoms with E-state index in [9.17, 15) is 0 Å². The Morgan fingerprint density at radius 2 is 2.27 bits per heavy atom. The fourth-order valence-corrected chi connectivity index (χ4v) is 1.69. The molecule has 0 bridgehead atoms. The van der Waals surface area contributed by atoms with E-state index in [1.807, 2.05) is 13.8 Å². The lowest BCUT2D eigenvalue weighted by Crippen LogP contribution is -2.33. The minimum absolute atomic E-state index is 0.208. The van der Waals surface area contributed by atoms with Gasteiger partial charge in [-0.3, -0.25) is 0 Å². The van der Waals surface area contributed by atoms with Gasteiger partial charge < -0.3 is 10.1 Å². The lowest BCUT2D eigenvalue weighted by atomic mass is 9.91. The van der Waals surface area contributed by atoms with E-state index in [-0.39, 0.29) is 5.41 Å². The zero-order valence-electron chi connectivity index (χ0n) is 9.88. The number of hydrogen-bond acceptors (Lipinski definition) is 3. The Labute approximate surface area is 92.8 Å². The Bertz CT molecular complexity index is 214. The Hall–Kier alpha value is -0.590. The van der Waals surface area contributed by atoms with Crippen LogP contribution >= 0.6 is 0 Å². The first-order valence-corrected chi connectivity index (χ1v) is 5.88. The van der Waals surface area contributed by atoms with Crippen LogP contribution in [0.25, 0.3) is 0 Å². The van der Waals surface area contributed by atoms with Crippen LogP contribution in [0.1, 0.15) is 39.5 Å². The molecule has 3 heteroatoms. The van der Waals surface area contributed by atoms with Crippen LogP contribution in [0.5, 0.6) is 0 Å². The molecule has 1 atom stereocenters. The summed E-state index contributed by atoms with van der Waals surface area (Å²) in [6.07, 6.45) is 4.96. The summed E-state index contributed by atoms with van der Waals surface area (Å²) < 4.78 is 5.61. The maximum Gasteiger partial charge on any atom is 0.0699 e. The second kappa shape index (κ2) is 6.09. The van der Waals surface area contributed by atoms with Crippen LogP contribution < -0.4 is 5.32 Å². The predicted octanol–water partition coefficient (Wildman–Crippen LogP) is 2.08. The summed E-state index contributed by atoms with van der Waals surface area (Å²) in [6, 6.07) is 2.31. The molecule has 0 aromatic heterocycles. The van der Waals surface area contributed by atoms with E-state index < -0.39 is 0 Å². The summed E-state index contributed by atoms with van der Waals surface area (Å²) in [5.74, 6) is 0. The molecule has 3 nitrogen and oxygen atoms in total. The number of nitriles is 1. The van der Waals surface area contributed by atoms with Crippen molar-refractivity contribution in [3.05, 3.63) is 0 Å². The summed E-state index contributed by atoms with van der Waals surface area (Å²) >= 11 is 0. The molecular weight excluding hydrogens is 188 g/mol. The molecule has 0 radical (unpaired) electrons. The average Bonchev–Trinajstić information content (AvgIpc) is 2.26. The van der Waals surface area contributed by atoms with Crippen LogP contribution in [0.4, 0.5) is 0 Å². The summed E-state index contributed by atoms with van der Waals surface area (Å²) in [5, 5.41) is 12.2. The summed E-state index contributed by atoms with van der Waals surface area (Å²) in [6.45, 7) is 6.70. The van der Waals surface area contributed by atoms with Crippen LogP contribution in [-0.2, 0) is 4.74 Å². The third-order valence-electron chi connectivity index (χ3n) is 2.88. The molecular formula is C12H22N2O. The summed E-state index contributed by atoms with van der Waals surface area (Å²) in [7, 11) is 0. The van der Waals surface area contributed by atoms with E-state index >= 15 is 0 Å². The lowest BCUT2D eigenvalue weighted by molar-refractivity contribution is 0.0168. The van der Waals surface area contributed by atoms with E-state index in [0.29, 0.717) is 6.10 Å². The quantitative estimate of drug-likeness (QED) is 0.707. The van der Waals surface area contributed by atoms with E-state index in [4.69, 9.17) is 10.00 Å². The second-order valence-corrected chi connectivity index (χ2v) is 4.94. The lowest BCUT2D eigenvalue weighted by Gasteiger charge is -2.23.